The maximum atomic E-state index is 13.5. The minimum atomic E-state index is -0.771. The van der Waals surface area contributed by atoms with Crippen LogP contribution in [0.3, 0.4) is 0 Å². The van der Waals surface area contributed by atoms with Crippen LogP contribution >= 0.6 is 0 Å². The number of aliphatic hydroxyl groups is 1. The van der Waals surface area contributed by atoms with Gasteiger partial charge in [-0.15, -0.1) is 0 Å². The van der Waals surface area contributed by atoms with Crippen LogP contribution in [-0.2, 0) is 20.9 Å². The number of methoxy groups -OCH3 is 1. The largest absolute Gasteiger partial charge is 0.503 e. The Kier molecular flexibility index (Phi) is 9.69. The maximum absolute atomic E-state index is 13.5. The molecule has 0 radical (unpaired) electrons. The Hall–Kier alpha value is -4.40. The van der Waals surface area contributed by atoms with Gasteiger partial charge in [0, 0.05) is 26.2 Å². The molecule has 0 saturated carbocycles. The summed E-state index contributed by atoms with van der Waals surface area (Å²) < 4.78 is 17.1. The van der Waals surface area contributed by atoms with Gasteiger partial charge in [-0.2, -0.15) is 0 Å². The normalized spacial score (nSPS) is 17.7. The van der Waals surface area contributed by atoms with E-state index in [0.717, 1.165) is 30.8 Å². The summed E-state index contributed by atoms with van der Waals surface area (Å²) in [7, 11) is 1.55. The summed E-state index contributed by atoms with van der Waals surface area (Å²) in [5.41, 5.74) is 2.57. The fourth-order valence-electron chi connectivity index (χ4n) is 5.31. The highest BCUT2D eigenvalue weighted by atomic mass is 16.5. The molecule has 8 nitrogen and oxygen atoms in total. The van der Waals surface area contributed by atoms with Gasteiger partial charge in [-0.25, -0.2) is 0 Å². The third-order valence-electron chi connectivity index (χ3n) is 7.51. The Labute approximate surface area is 246 Å². The first kappa shape index (κ1) is 29.1. The van der Waals surface area contributed by atoms with Crippen molar-refractivity contribution in [3.63, 3.8) is 0 Å². The van der Waals surface area contributed by atoms with Gasteiger partial charge in [0.1, 0.15) is 6.61 Å². The fraction of sp³-hybridized carbons (Fsp3) is 0.294. The molecule has 1 saturated heterocycles. The molecule has 1 unspecified atom stereocenters. The molecule has 3 aromatic rings. The lowest BCUT2D eigenvalue weighted by Gasteiger charge is -2.30. The SMILES string of the molecule is COc1cc(C2C(C(=O)C=Cc3ccccc3)=C(O)C(=O)N2CCCN2CCOCC2)ccc1OCc1ccccc1. The predicted octanol–water partition coefficient (Wildman–Crippen LogP) is 4.97. The van der Waals surface area contributed by atoms with Crippen molar-refractivity contribution in [1.29, 1.82) is 0 Å². The number of allylic oxidation sites excluding steroid dienone is 1. The molecule has 2 aliphatic heterocycles. The molecule has 218 valence electrons. The van der Waals surface area contributed by atoms with Crippen molar-refractivity contribution in [3.05, 3.63) is 113 Å². The van der Waals surface area contributed by atoms with Crippen LogP contribution in [0, 0.1) is 0 Å². The second-order valence-electron chi connectivity index (χ2n) is 10.3. The standard InChI is InChI=1S/C34H36N2O6/c1-40-30-23-27(14-16-29(30)42-24-26-11-6-3-7-12-26)32-31(28(37)15-13-25-9-4-2-5-10-25)33(38)34(39)36(32)18-8-17-35-19-21-41-22-20-35/h2-7,9-16,23,32,38H,8,17-22,24H2,1H3. The number of rotatable bonds is 12. The highest BCUT2D eigenvalue weighted by Crippen LogP contribution is 2.41. The second kappa shape index (κ2) is 14.0. The molecule has 0 spiro atoms. The van der Waals surface area contributed by atoms with Crippen molar-refractivity contribution in [2.75, 3.05) is 46.5 Å². The van der Waals surface area contributed by atoms with Gasteiger partial charge in [0.05, 0.1) is 31.9 Å². The van der Waals surface area contributed by atoms with Crippen LogP contribution < -0.4 is 9.47 Å². The lowest BCUT2D eigenvalue weighted by Crippen LogP contribution is -2.39. The van der Waals surface area contributed by atoms with E-state index in [1.54, 1.807) is 30.2 Å². The zero-order valence-corrected chi connectivity index (χ0v) is 23.8. The smallest absolute Gasteiger partial charge is 0.290 e. The first-order valence-electron chi connectivity index (χ1n) is 14.2. The van der Waals surface area contributed by atoms with Crippen LogP contribution in [-0.4, -0.2) is 73.1 Å². The zero-order valence-electron chi connectivity index (χ0n) is 23.8. The average Bonchev–Trinajstić information content (AvgIpc) is 3.29. The van der Waals surface area contributed by atoms with Crippen LogP contribution in [0.5, 0.6) is 11.5 Å². The minimum absolute atomic E-state index is 0.0542. The third-order valence-corrected chi connectivity index (χ3v) is 7.51. The number of carbonyl (C=O) groups is 2. The molecule has 0 aromatic heterocycles. The van der Waals surface area contributed by atoms with Crippen molar-refractivity contribution >= 4 is 17.8 Å². The van der Waals surface area contributed by atoms with Crippen LogP contribution in [0.25, 0.3) is 6.08 Å². The Bertz CT molecular complexity index is 1430. The molecule has 1 amide bonds. The first-order valence-corrected chi connectivity index (χ1v) is 14.2. The van der Waals surface area contributed by atoms with E-state index in [0.29, 0.717) is 49.8 Å². The van der Waals surface area contributed by atoms with Crippen molar-refractivity contribution in [2.45, 2.75) is 19.1 Å². The molecular formula is C34H36N2O6. The lowest BCUT2D eigenvalue weighted by molar-refractivity contribution is -0.129. The summed E-state index contributed by atoms with van der Waals surface area (Å²) in [6, 6.07) is 23.8. The van der Waals surface area contributed by atoms with Gasteiger partial charge >= 0.3 is 0 Å². The Morgan fingerprint density at radius 1 is 0.976 bits per heavy atom. The van der Waals surface area contributed by atoms with Crippen molar-refractivity contribution in [3.8, 4) is 11.5 Å². The fourth-order valence-corrected chi connectivity index (χ4v) is 5.31. The molecule has 1 fully saturated rings. The molecule has 42 heavy (non-hydrogen) atoms. The number of hydrogen-bond acceptors (Lipinski definition) is 7. The Morgan fingerprint density at radius 2 is 1.69 bits per heavy atom. The summed E-state index contributed by atoms with van der Waals surface area (Å²) in [6.45, 7) is 4.59. The average molecular weight is 569 g/mol. The second-order valence-corrected chi connectivity index (χ2v) is 10.3. The summed E-state index contributed by atoms with van der Waals surface area (Å²) in [5, 5.41) is 11.0. The summed E-state index contributed by atoms with van der Waals surface area (Å²) >= 11 is 0. The van der Waals surface area contributed by atoms with Gasteiger partial charge < -0.3 is 24.2 Å². The molecule has 8 heteroatoms. The van der Waals surface area contributed by atoms with Gasteiger partial charge in [0.2, 0.25) is 0 Å². The molecule has 0 aliphatic carbocycles. The molecule has 5 rings (SSSR count). The lowest BCUT2D eigenvalue weighted by atomic mass is 9.95. The minimum Gasteiger partial charge on any atom is -0.503 e. The van der Waals surface area contributed by atoms with Gasteiger partial charge in [0.25, 0.3) is 5.91 Å². The molecule has 1 atom stereocenters. The van der Waals surface area contributed by atoms with E-state index in [4.69, 9.17) is 14.2 Å². The molecule has 3 aromatic carbocycles. The Balaban J connectivity index is 1.41. The number of nitrogens with zero attached hydrogens (tertiary/aromatic N) is 2. The first-order chi connectivity index (χ1) is 20.5. The molecule has 1 N–H and O–H groups in total. The summed E-state index contributed by atoms with van der Waals surface area (Å²) in [5.74, 6) is -0.478. The topological polar surface area (TPSA) is 88.5 Å². The third kappa shape index (κ3) is 6.90. The van der Waals surface area contributed by atoms with Crippen molar-refractivity contribution in [2.24, 2.45) is 0 Å². The number of benzene rings is 3. The van der Waals surface area contributed by atoms with Gasteiger partial charge in [-0.05, 0) is 41.3 Å². The molecular weight excluding hydrogens is 532 g/mol. The quantitative estimate of drug-likeness (QED) is 0.309. The molecule has 0 bridgehead atoms. The number of hydrogen-bond donors (Lipinski definition) is 1. The van der Waals surface area contributed by atoms with E-state index in [1.165, 1.54) is 6.08 Å². The monoisotopic (exact) mass is 568 g/mol. The van der Waals surface area contributed by atoms with E-state index in [2.05, 4.69) is 4.90 Å². The Morgan fingerprint density at radius 3 is 2.40 bits per heavy atom. The highest BCUT2D eigenvalue weighted by Gasteiger charge is 2.43. The number of ether oxygens (including phenoxy) is 3. The van der Waals surface area contributed by atoms with E-state index >= 15 is 0 Å². The van der Waals surface area contributed by atoms with Crippen molar-refractivity contribution in [1.82, 2.24) is 9.80 Å². The number of carbonyl (C=O) groups excluding carboxylic acids is 2. The van der Waals surface area contributed by atoms with Crippen molar-refractivity contribution < 1.29 is 28.9 Å². The van der Waals surface area contributed by atoms with Gasteiger partial charge in [-0.1, -0.05) is 72.8 Å². The van der Waals surface area contributed by atoms with Crippen LogP contribution in [0.1, 0.15) is 29.2 Å². The molecule has 2 heterocycles. The molecule has 2 aliphatic rings. The summed E-state index contributed by atoms with van der Waals surface area (Å²) in [6.07, 6.45) is 3.78. The van der Waals surface area contributed by atoms with Crippen LogP contribution in [0.4, 0.5) is 0 Å². The van der Waals surface area contributed by atoms with Gasteiger partial charge in [-0.3, -0.25) is 14.5 Å². The summed E-state index contributed by atoms with van der Waals surface area (Å²) in [4.78, 5) is 30.8. The highest BCUT2D eigenvalue weighted by molar-refractivity contribution is 6.14. The number of aliphatic hydroxyl groups excluding tert-OH is 1. The van der Waals surface area contributed by atoms with E-state index < -0.39 is 23.5 Å². The maximum Gasteiger partial charge on any atom is 0.290 e. The van der Waals surface area contributed by atoms with E-state index in [-0.39, 0.29) is 5.57 Å². The van der Waals surface area contributed by atoms with Gasteiger partial charge in [0.15, 0.2) is 23.0 Å². The predicted molar refractivity (Wildman–Crippen MR) is 160 cm³/mol. The zero-order chi connectivity index (χ0) is 29.3. The number of amides is 1. The van der Waals surface area contributed by atoms with Crippen LogP contribution in [0.15, 0.2) is 96.3 Å². The number of ketones is 1. The van der Waals surface area contributed by atoms with Crippen LogP contribution in [0.2, 0.25) is 0 Å². The van der Waals surface area contributed by atoms with E-state index in [1.807, 2.05) is 66.7 Å². The van der Waals surface area contributed by atoms with E-state index in [9.17, 15) is 14.7 Å². The number of morpholine rings is 1.